The van der Waals surface area contributed by atoms with Gasteiger partial charge in [0.15, 0.2) is 11.6 Å². The van der Waals surface area contributed by atoms with Crippen LogP contribution in [0.25, 0.3) is 0 Å². The molecule has 21 heavy (non-hydrogen) atoms. The minimum Gasteiger partial charge on any atom is -0.421 e. The van der Waals surface area contributed by atoms with Crippen molar-refractivity contribution in [2.45, 2.75) is 12.8 Å². The van der Waals surface area contributed by atoms with Crippen LogP contribution in [0.4, 0.5) is 20.7 Å². The zero-order chi connectivity index (χ0) is 14.8. The highest BCUT2D eigenvalue weighted by molar-refractivity contribution is 5.38. The summed E-state index contributed by atoms with van der Waals surface area (Å²) in [6.07, 6.45) is 2.10. The first-order valence-corrected chi connectivity index (χ1v) is 6.51. The Balaban J connectivity index is 1.87. The van der Waals surface area contributed by atoms with Crippen molar-refractivity contribution in [3.63, 3.8) is 0 Å². The molecule has 0 bridgehead atoms. The standard InChI is InChI=1S/C13H13F2N5O/c14-8-3-4-10(9(15)7-8)21-13-18-11(16)17-12(19-13)20-5-1-2-6-20/h3-4,7H,1-2,5-6H2,(H2,16,17,18,19). The average molecular weight is 293 g/mol. The second-order valence-corrected chi connectivity index (χ2v) is 4.65. The largest absolute Gasteiger partial charge is 0.421 e. The third-order valence-corrected chi connectivity index (χ3v) is 3.10. The SMILES string of the molecule is Nc1nc(Oc2ccc(F)cc2F)nc(N2CCCC2)n1. The zero-order valence-corrected chi connectivity index (χ0v) is 11.1. The highest BCUT2D eigenvalue weighted by Gasteiger charge is 2.18. The van der Waals surface area contributed by atoms with Crippen molar-refractivity contribution in [3.05, 3.63) is 29.8 Å². The van der Waals surface area contributed by atoms with Gasteiger partial charge in [0, 0.05) is 19.2 Å². The molecule has 1 aromatic carbocycles. The maximum atomic E-state index is 13.6. The molecule has 0 aliphatic carbocycles. The van der Waals surface area contributed by atoms with Gasteiger partial charge in [0.2, 0.25) is 11.9 Å². The van der Waals surface area contributed by atoms with E-state index in [0.29, 0.717) is 5.95 Å². The number of anilines is 2. The Bertz CT molecular complexity index is 661. The van der Waals surface area contributed by atoms with Gasteiger partial charge in [0.05, 0.1) is 0 Å². The Morgan fingerprint density at radius 3 is 2.57 bits per heavy atom. The normalized spacial score (nSPS) is 14.5. The predicted molar refractivity (Wildman–Crippen MR) is 72.1 cm³/mol. The molecule has 0 spiro atoms. The zero-order valence-electron chi connectivity index (χ0n) is 11.1. The van der Waals surface area contributed by atoms with Crippen LogP contribution in [-0.2, 0) is 0 Å². The highest BCUT2D eigenvalue weighted by atomic mass is 19.1. The topological polar surface area (TPSA) is 77.2 Å². The molecule has 2 aromatic rings. The lowest BCUT2D eigenvalue weighted by atomic mass is 10.3. The number of nitrogens with two attached hydrogens (primary N) is 1. The van der Waals surface area contributed by atoms with Gasteiger partial charge in [-0.2, -0.15) is 15.0 Å². The van der Waals surface area contributed by atoms with Crippen LogP contribution in [0.1, 0.15) is 12.8 Å². The number of nitrogens with zero attached hydrogens (tertiary/aromatic N) is 4. The van der Waals surface area contributed by atoms with Gasteiger partial charge < -0.3 is 15.4 Å². The molecule has 0 atom stereocenters. The van der Waals surface area contributed by atoms with E-state index in [1.807, 2.05) is 4.90 Å². The summed E-state index contributed by atoms with van der Waals surface area (Å²) in [7, 11) is 0. The van der Waals surface area contributed by atoms with Gasteiger partial charge in [-0.05, 0) is 25.0 Å². The van der Waals surface area contributed by atoms with Crippen molar-refractivity contribution >= 4 is 11.9 Å². The molecule has 1 saturated heterocycles. The number of benzene rings is 1. The molecule has 1 aliphatic rings. The lowest BCUT2D eigenvalue weighted by Gasteiger charge is -2.15. The van der Waals surface area contributed by atoms with Gasteiger partial charge in [0.1, 0.15) is 5.82 Å². The van der Waals surface area contributed by atoms with Gasteiger partial charge in [-0.1, -0.05) is 0 Å². The maximum Gasteiger partial charge on any atom is 0.328 e. The number of nitrogen functional groups attached to an aromatic ring is 1. The molecule has 2 N–H and O–H groups in total. The van der Waals surface area contributed by atoms with Crippen molar-refractivity contribution in [2.75, 3.05) is 23.7 Å². The first-order chi connectivity index (χ1) is 10.1. The number of hydrogen-bond donors (Lipinski definition) is 1. The molecule has 8 heteroatoms. The smallest absolute Gasteiger partial charge is 0.328 e. The van der Waals surface area contributed by atoms with Crippen LogP contribution in [0.15, 0.2) is 18.2 Å². The minimum absolute atomic E-state index is 0.00980. The summed E-state index contributed by atoms with van der Waals surface area (Å²) < 4.78 is 31.7. The minimum atomic E-state index is -0.836. The number of aromatic nitrogens is 3. The number of halogens is 2. The van der Waals surface area contributed by atoms with Crippen LogP contribution < -0.4 is 15.4 Å². The molecule has 0 unspecified atom stereocenters. The Hall–Kier alpha value is -2.51. The maximum absolute atomic E-state index is 13.6. The van der Waals surface area contributed by atoms with Crippen molar-refractivity contribution in [1.29, 1.82) is 0 Å². The van der Waals surface area contributed by atoms with Gasteiger partial charge in [-0.3, -0.25) is 0 Å². The van der Waals surface area contributed by atoms with Crippen LogP contribution in [0, 0.1) is 11.6 Å². The van der Waals surface area contributed by atoms with E-state index in [1.165, 1.54) is 6.07 Å². The molecule has 0 saturated carbocycles. The Kier molecular flexibility index (Phi) is 3.51. The van der Waals surface area contributed by atoms with E-state index in [2.05, 4.69) is 15.0 Å². The molecule has 1 aromatic heterocycles. The third-order valence-electron chi connectivity index (χ3n) is 3.10. The first-order valence-electron chi connectivity index (χ1n) is 6.51. The second-order valence-electron chi connectivity index (χ2n) is 4.65. The predicted octanol–water partition coefficient (Wildman–Crippen LogP) is 2.12. The van der Waals surface area contributed by atoms with E-state index in [9.17, 15) is 8.78 Å². The van der Waals surface area contributed by atoms with Crippen LogP contribution in [-0.4, -0.2) is 28.0 Å². The highest BCUT2D eigenvalue weighted by Crippen LogP contribution is 2.25. The number of hydrogen-bond acceptors (Lipinski definition) is 6. The van der Waals surface area contributed by atoms with Gasteiger partial charge in [-0.15, -0.1) is 0 Å². The van der Waals surface area contributed by atoms with Crippen molar-refractivity contribution in [3.8, 4) is 11.8 Å². The lowest BCUT2D eigenvalue weighted by molar-refractivity contribution is 0.407. The Labute approximate surface area is 119 Å². The molecule has 2 heterocycles. The van der Waals surface area contributed by atoms with Crippen LogP contribution in [0.3, 0.4) is 0 Å². The van der Waals surface area contributed by atoms with Crippen LogP contribution >= 0.6 is 0 Å². The van der Waals surface area contributed by atoms with Crippen LogP contribution in [0.5, 0.6) is 11.8 Å². The van der Waals surface area contributed by atoms with E-state index >= 15 is 0 Å². The molecule has 110 valence electrons. The van der Waals surface area contributed by atoms with Crippen LogP contribution in [0.2, 0.25) is 0 Å². The van der Waals surface area contributed by atoms with Gasteiger partial charge in [-0.25, -0.2) is 8.78 Å². The van der Waals surface area contributed by atoms with E-state index < -0.39 is 11.6 Å². The fourth-order valence-electron chi connectivity index (χ4n) is 2.12. The molecule has 0 radical (unpaired) electrons. The summed E-state index contributed by atoms with van der Waals surface area (Å²) >= 11 is 0. The molecule has 0 amide bonds. The quantitative estimate of drug-likeness (QED) is 0.934. The van der Waals surface area contributed by atoms with E-state index in [0.717, 1.165) is 38.1 Å². The summed E-state index contributed by atoms with van der Waals surface area (Å²) in [5.74, 6) is -1.30. The molecule has 1 fully saturated rings. The summed E-state index contributed by atoms with van der Waals surface area (Å²) in [5.41, 5.74) is 5.62. The average Bonchev–Trinajstić information content (AvgIpc) is 2.95. The summed E-state index contributed by atoms with van der Waals surface area (Å²) in [6, 6.07) is 2.86. The fourth-order valence-corrected chi connectivity index (χ4v) is 2.12. The monoisotopic (exact) mass is 293 g/mol. The molecule has 6 nitrogen and oxygen atoms in total. The lowest BCUT2D eigenvalue weighted by Crippen LogP contribution is -2.21. The third kappa shape index (κ3) is 2.99. The number of rotatable bonds is 3. The summed E-state index contributed by atoms with van der Waals surface area (Å²) in [4.78, 5) is 13.9. The second kappa shape index (κ2) is 5.47. The first kappa shape index (κ1) is 13.5. The molecular weight excluding hydrogens is 280 g/mol. The van der Waals surface area contributed by atoms with Crippen molar-refractivity contribution < 1.29 is 13.5 Å². The van der Waals surface area contributed by atoms with E-state index in [4.69, 9.17) is 10.5 Å². The fraction of sp³-hybridized carbons (Fsp3) is 0.308. The van der Waals surface area contributed by atoms with Crippen molar-refractivity contribution in [2.24, 2.45) is 0 Å². The van der Waals surface area contributed by atoms with Crippen molar-refractivity contribution in [1.82, 2.24) is 15.0 Å². The number of ether oxygens (including phenoxy) is 1. The van der Waals surface area contributed by atoms with E-state index in [1.54, 1.807) is 0 Å². The Morgan fingerprint density at radius 2 is 1.86 bits per heavy atom. The molecule has 1 aliphatic heterocycles. The van der Waals surface area contributed by atoms with Gasteiger partial charge >= 0.3 is 6.01 Å². The summed E-state index contributed by atoms with van der Waals surface area (Å²) in [5, 5.41) is 0. The van der Waals surface area contributed by atoms with E-state index in [-0.39, 0.29) is 17.7 Å². The summed E-state index contributed by atoms with van der Waals surface area (Å²) in [6.45, 7) is 1.65. The molecular formula is C13H13F2N5O. The Morgan fingerprint density at radius 1 is 1.10 bits per heavy atom. The van der Waals surface area contributed by atoms with Gasteiger partial charge in [0.25, 0.3) is 0 Å². The molecule has 3 rings (SSSR count).